The Kier molecular flexibility index (Phi) is 5.90. The van der Waals surface area contributed by atoms with Gasteiger partial charge >= 0.3 is 6.09 Å². The molecule has 2 aromatic rings. The smallest absolute Gasteiger partial charge is 0.411 e. The number of nitrogens with zero attached hydrogens (tertiary/aromatic N) is 1. The highest BCUT2D eigenvalue weighted by molar-refractivity contribution is 5.84. The summed E-state index contributed by atoms with van der Waals surface area (Å²) in [7, 11) is 1.62. The second-order valence-electron chi connectivity index (χ2n) is 6.23. The molecule has 0 aromatic heterocycles. The van der Waals surface area contributed by atoms with Crippen molar-refractivity contribution in [2.45, 2.75) is 26.0 Å². The van der Waals surface area contributed by atoms with Gasteiger partial charge in [0.25, 0.3) is 0 Å². The fraction of sp³-hybridized carbons (Fsp3) is 0.350. The molecule has 132 valence electrons. The Hall–Kier alpha value is -2.53. The zero-order chi connectivity index (χ0) is 17.5. The van der Waals surface area contributed by atoms with Gasteiger partial charge in [-0.1, -0.05) is 24.3 Å². The van der Waals surface area contributed by atoms with Gasteiger partial charge in [0.2, 0.25) is 0 Å². The quantitative estimate of drug-likeness (QED) is 0.862. The fourth-order valence-corrected chi connectivity index (χ4v) is 2.92. The van der Waals surface area contributed by atoms with Gasteiger partial charge in [-0.25, -0.2) is 4.79 Å². The van der Waals surface area contributed by atoms with Gasteiger partial charge < -0.3 is 9.47 Å². The molecular formula is C20H24N2O3. The zero-order valence-corrected chi connectivity index (χ0v) is 14.5. The number of amides is 1. The molecule has 1 heterocycles. The first-order valence-corrected chi connectivity index (χ1v) is 8.61. The van der Waals surface area contributed by atoms with E-state index in [1.54, 1.807) is 7.11 Å². The topological polar surface area (TPSA) is 50.8 Å². The van der Waals surface area contributed by atoms with Crippen molar-refractivity contribution >= 4 is 11.8 Å². The summed E-state index contributed by atoms with van der Waals surface area (Å²) in [5, 5.41) is 2.76. The number of hydrogen-bond acceptors (Lipinski definition) is 4. The molecule has 1 amide bonds. The third-order valence-corrected chi connectivity index (χ3v) is 4.33. The molecule has 0 unspecified atom stereocenters. The van der Waals surface area contributed by atoms with E-state index in [0.29, 0.717) is 0 Å². The Balaban J connectivity index is 1.45. The highest BCUT2D eigenvalue weighted by Crippen LogP contribution is 2.16. The van der Waals surface area contributed by atoms with Crippen molar-refractivity contribution in [1.29, 1.82) is 0 Å². The second kappa shape index (κ2) is 8.53. The molecule has 2 aromatic carbocycles. The van der Waals surface area contributed by atoms with Crippen LogP contribution in [-0.4, -0.2) is 31.2 Å². The molecule has 0 saturated carbocycles. The van der Waals surface area contributed by atoms with Crippen LogP contribution in [0.3, 0.4) is 0 Å². The summed E-state index contributed by atoms with van der Waals surface area (Å²) in [5.41, 5.74) is 2.92. The van der Waals surface area contributed by atoms with Crippen LogP contribution in [0.15, 0.2) is 48.5 Å². The lowest BCUT2D eigenvalue weighted by Crippen LogP contribution is -2.18. The van der Waals surface area contributed by atoms with Gasteiger partial charge in [-0.2, -0.15) is 0 Å². The summed E-state index contributed by atoms with van der Waals surface area (Å²) in [6.07, 6.45) is 2.13. The van der Waals surface area contributed by atoms with Gasteiger partial charge in [-0.3, -0.25) is 10.2 Å². The van der Waals surface area contributed by atoms with Crippen molar-refractivity contribution < 1.29 is 14.3 Å². The van der Waals surface area contributed by atoms with Crippen LogP contribution >= 0.6 is 0 Å². The molecule has 1 fully saturated rings. The normalized spacial score (nSPS) is 14.3. The minimum absolute atomic E-state index is 0.225. The first-order valence-electron chi connectivity index (χ1n) is 8.61. The molecule has 0 aliphatic carbocycles. The first kappa shape index (κ1) is 17.3. The minimum atomic E-state index is -0.455. The van der Waals surface area contributed by atoms with Gasteiger partial charge in [0.15, 0.2) is 0 Å². The number of methoxy groups -OCH3 is 1. The molecule has 0 atom stereocenters. The van der Waals surface area contributed by atoms with Crippen molar-refractivity contribution in [2.75, 3.05) is 25.5 Å². The monoisotopic (exact) mass is 340 g/mol. The Bertz CT molecular complexity index is 677. The summed E-state index contributed by atoms with van der Waals surface area (Å²) in [4.78, 5) is 14.4. The predicted molar refractivity (Wildman–Crippen MR) is 97.8 cm³/mol. The molecule has 5 heteroatoms. The molecule has 1 aliphatic rings. The van der Waals surface area contributed by atoms with Crippen LogP contribution in [0.4, 0.5) is 10.5 Å². The first-order chi connectivity index (χ1) is 12.2. The maximum absolute atomic E-state index is 11.9. The fourth-order valence-electron chi connectivity index (χ4n) is 2.92. The maximum atomic E-state index is 11.9. The van der Waals surface area contributed by atoms with E-state index in [-0.39, 0.29) is 6.61 Å². The van der Waals surface area contributed by atoms with E-state index in [0.717, 1.165) is 23.5 Å². The lowest BCUT2D eigenvalue weighted by molar-refractivity contribution is 0.155. The summed E-state index contributed by atoms with van der Waals surface area (Å²) in [6, 6.07) is 15.4. The van der Waals surface area contributed by atoms with Crippen LogP contribution < -0.4 is 10.1 Å². The molecule has 0 spiro atoms. The summed E-state index contributed by atoms with van der Waals surface area (Å²) in [6.45, 7) is 3.56. The Morgan fingerprint density at radius 3 is 2.28 bits per heavy atom. The number of carbonyl (C=O) groups is 1. The van der Waals surface area contributed by atoms with Crippen molar-refractivity contribution in [3.8, 4) is 5.75 Å². The van der Waals surface area contributed by atoms with E-state index in [1.165, 1.54) is 31.5 Å². The van der Waals surface area contributed by atoms with Crippen LogP contribution in [0.1, 0.15) is 24.0 Å². The van der Waals surface area contributed by atoms with E-state index >= 15 is 0 Å². The molecule has 25 heavy (non-hydrogen) atoms. The van der Waals surface area contributed by atoms with Crippen molar-refractivity contribution in [3.05, 3.63) is 59.7 Å². The highest BCUT2D eigenvalue weighted by atomic mass is 16.5. The van der Waals surface area contributed by atoms with Crippen LogP contribution in [0.2, 0.25) is 0 Å². The molecule has 0 bridgehead atoms. The third-order valence-electron chi connectivity index (χ3n) is 4.33. The number of ether oxygens (including phenoxy) is 2. The standard InChI is InChI=1S/C20H24N2O3/c1-24-19-10-6-17(7-11-19)15-25-20(23)21-18-8-4-16(5-9-18)14-22-12-2-3-13-22/h4-11H,2-3,12-15H2,1H3,(H,21,23). The summed E-state index contributed by atoms with van der Waals surface area (Å²) in [5.74, 6) is 0.780. The lowest BCUT2D eigenvalue weighted by Gasteiger charge is -2.14. The molecule has 0 radical (unpaired) electrons. The van der Waals surface area contributed by atoms with E-state index in [4.69, 9.17) is 9.47 Å². The average molecular weight is 340 g/mol. The number of hydrogen-bond donors (Lipinski definition) is 1. The number of anilines is 1. The van der Waals surface area contributed by atoms with E-state index in [2.05, 4.69) is 22.3 Å². The average Bonchev–Trinajstić information content (AvgIpc) is 3.15. The zero-order valence-electron chi connectivity index (χ0n) is 14.5. The van der Waals surface area contributed by atoms with Gasteiger partial charge in [0.1, 0.15) is 12.4 Å². The Labute approximate surface area is 148 Å². The van der Waals surface area contributed by atoms with Crippen LogP contribution in [0.25, 0.3) is 0 Å². The third kappa shape index (κ3) is 5.22. The van der Waals surface area contributed by atoms with Crippen LogP contribution in [0, 0.1) is 0 Å². The maximum Gasteiger partial charge on any atom is 0.411 e. The van der Waals surface area contributed by atoms with E-state index in [1.807, 2.05) is 36.4 Å². The van der Waals surface area contributed by atoms with Gasteiger partial charge in [-0.05, 0) is 61.3 Å². The lowest BCUT2D eigenvalue weighted by atomic mass is 10.2. The number of rotatable bonds is 6. The van der Waals surface area contributed by atoms with Crippen LogP contribution in [-0.2, 0) is 17.9 Å². The van der Waals surface area contributed by atoms with Crippen LogP contribution in [0.5, 0.6) is 5.75 Å². The van der Waals surface area contributed by atoms with E-state index < -0.39 is 6.09 Å². The van der Waals surface area contributed by atoms with Gasteiger partial charge in [0.05, 0.1) is 7.11 Å². The highest BCUT2D eigenvalue weighted by Gasteiger charge is 2.11. The molecule has 1 N–H and O–H groups in total. The predicted octanol–water partition coefficient (Wildman–Crippen LogP) is 4.04. The summed E-state index contributed by atoms with van der Waals surface area (Å²) >= 11 is 0. The number of nitrogens with one attached hydrogen (secondary N) is 1. The largest absolute Gasteiger partial charge is 0.497 e. The molecule has 5 nitrogen and oxygen atoms in total. The van der Waals surface area contributed by atoms with E-state index in [9.17, 15) is 4.79 Å². The Morgan fingerprint density at radius 1 is 1.00 bits per heavy atom. The van der Waals surface area contributed by atoms with Gasteiger partial charge in [-0.15, -0.1) is 0 Å². The van der Waals surface area contributed by atoms with Gasteiger partial charge in [0, 0.05) is 12.2 Å². The second-order valence-corrected chi connectivity index (χ2v) is 6.23. The number of carbonyl (C=O) groups excluding carboxylic acids is 1. The molecule has 1 aliphatic heterocycles. The molecular weight excluding hydrogens is 316 g/mol. The minimum Gasteiger partial charge on any atom is -0.497 e. The van der Waals surface area contributed by atoms with Crippen molar-refractivity contribution in [2.24, 2.45) is 0 Å². The molecule has 3 rings (SSSR count). The van der Waals surface area contributed by atoms with Crippen molar-refractivity contribution in [3.63, 3.8) is 0 Å². The number of benzene rings is 2. The molecule has 1 saturated heterocycles. The Morgan fingerprint density at radius 2 is 1.64 bits per heavy atom. The number of likely N-dealkylation sites (tertiary alicyclic amines) is 1. The summed E-state index contributed by atoms with van der Waals surface area (Å²) < 4.78 is 10.3. The van der Waals surface area contributed by atoms with Crippen molar-refractivity contribution in [1.82, 2.24) is 4.90 Å². The SMILES string of the molecule is COc1ccc(COC(=O)Nc2ccc(CN3CCCC3)cc2)cc1.